The van der Waals surface area contributed by atoms with Gasteiger partial charge in [-0.2, -0.15) is 0 Å². The molecule has 2 saturated carbocycles. The van der Waals surface area contributed by atoms with Crippen LogP contribution >= 0.6 is 0 Å². The monoisotopic (exact) mass is 638 g/mol. The molecule has 45 heavy (non-hydrogen) atoms. The number of carbonyl (C=O) groups is 1. The topological polar surface area (TPSA) is 144 Å². The van der Waals surface area contributed by atoms with E-state index in [4.69, 9.17) is 23.7 Å². The van der Waals surface area contributed by atoms with E-state index in [1.807, 2.05) is 13.0 Å². The fourth-order valence-electron chi connectivity index (χ4n) is 9.58. The molecule has 0 aromatic heterocycles. The first-order valence-corrected chi connectivity index (χ1v) is 17.4. The van der Waals surface area contributed by atoms with E-state index in [0.717, 1.165) is 44.9 Å². The SMILES string of the molecule is C=CCCCOC1O[C@@H]2O[C@](C)(O)CCC3[C@H](C)CCC([C@H]1C)[C@]32O.C[C@@H]1CCC2[C@@H](C)C(=O)O[C@@H]3O[C@](C)(O)CCC1[C@@]23O. The number of carbonyl (C=O) groups excluding carboxylic acids is 1. The molecule has 0 aromatic rings. The Bertz CT molecular complexity index is 1060. The van der Waals surface area contributed by atoms with Gasteiger partial charge < -0.3 is 44.1 Å². The first kappa shape index (κ1) is 35.2. The van der Waals surface area contributed by atoms with Crippen LogP contribution in [0.2, 0.25) is 0 Å². The van der Waals surface area contributed by atoms with Crippen molar-refractivity contribution in [3.05, 3.63) is 12.7 Å². The third-order valence-corrected chi connectivity index (χ3v) is 12.3. The van der Waals surface area contributed by atoms with E-state index in [0.29, 0.717) is 37.7 Å². The number of hydrogen-bond acceptors (Lipinski definition) is 10. The Morgan fingerprint density at radius 1 is 0.800 bits per heavy atom. The van der Waals surface area contributed by atoms with Crippen LogP contribution in [0.5, 0.6) is 0 Å². The molecule has 6 aliphatic rings. The van der Waals surface area contributed by atoms with Crippen LogP contribution < -0.4 is 0 Å². The molecule has 4 saturated heterocycles. The van der Waals surface area contributed by atoms with Crippen LogP contribution in [0.15, 0.2) is 12.7 Å². The second-order valence-corrected chi connectivity index (χ2v) is 15.5. The third kappa shape index (κ3) is 6.52. The number of allylic oxidation sites excluding steroid dienone is 1. The van der Waals surface area contributed by atoms with Crippen molar-refractivity contribution in [3.63, 3.8) is 0 Å². The molecular formula is C35H58O10. The van der Waals surface area contributed by atoms with Crippen LogP contribution in [0.25, 0.3) is 0 Å². The molecule has 5 unspecified atom stereocenters. The molecule has 0 amide bonds. The van der Waals surface area contributed by atoms with Crippen molar-refractivity contribution >= 4 is 5.97 Å². The highest BCUT2D eigenvalue weighted by Crippen LogP contribution is 2.56. The quantitative estimate of drug-likeness (QED) is 0.191. The molecule has 4 N–H and O–H groups in total. The summed E-state index contributed by atoms with van der Waals surface area (Å²) in [7, 11) is 0. The van der Waals surface area contributed by atoms with E-state index >= 15 is 0 Å². The molecule has 10 heteroatoms. The van der Waals surface area contributed by atoms with Crippen LogP contribution in [0.1, 0.15) is 106 Å². The van der Waals surface area contributed by atoms with Gasteiger partial charge in [0.15, 0.2) is 24.2 Å². The predicted molar refractivity (Wildman–Crippen MR) is 165 cm³/mol. The smallest absolute Gasteiger partial charge is 0.311 e. The lowest BCUT2D eigenvalue weighted by atomic mass is 9.58. The van der Waals surface area contributed by atoms with Crippen molar-refractivity contribution < 1.29 is 48.9 Å². The van der Waals surface area contributed by atoms with Gasteiger partial charge in [-0.05, 0) is 88.9 Å². The number of unbranched alkanes of at least 4 members (excludes halogenated alkanes) is 1. The van der Waals surface area contributed by atoms with Gasteiger partial charge in [-0.1, -0.05) is 33.8 Å². The first-order valence-electron chi connectivity index (χ1n) is 17.4. The summed E-state index contributed by atoms with van der Waals surface area (Å²) in [5.74, 6) is -2.50. The minimum atomic E-state index is -1.36. The molecule has 6 rings (SSSR count). The Kier molecular flexibility index (Phi) is 10.2. The van der Waals surface area contributed by atoms with Crippen molar-refractivity contribution in [3.8, 4) is 0 Å². The minimum Gasteiger partial charge on any atom is -0.432 e. The maximum atomic E-state index is 12.0. The molecule has 6 fully saturated rings. The van der Waals surface area contributed by atoms with Crippen LogP contribution in [0.4, 0.5) is 0 Å². The highest BCUT2D eigenvalue weighted by molar-refractivity contribution is 5.74. The Hall–Kier alpha value is -1.11. The summed E-state index contributed by atoms with van der Waals surface area (Å²) in [5, 5.41) is 43.8. The van der Waals surface area contributed by atoms with Crippen molar-refractivity contribution in [1.82, 2.24) is 0 Å². The maximum Gasteiger partial charge on any atom is 0.311 e. The summed E-state index contributed by atoms with van der Waals surface area (Å²) in [4.78, 5) is 12.0. The number of ether oxygens (including phenoxy) is 5. The molecule has 4 aliphatic heterocycles. The van der Waals surface area contributed by atoms with Crippen molar-refractivity contribution in [1.29, 1.82) is 0 Å². The lowest BCUT2D eigenvalue weighted by molar-refractivity contribution is -0.408. The summed E-state index contributed by atoms with van der Waals surface area (Å²) in [6.45, 7) is 15.8. The van der Waals surface area contributed by atoms with E-state index in [-0.39, 0.29) is 41.5 Å². The summed E-state index contributed by atoms with van der Waals surface area (Å²) < 4.78 is 28.9. The number of hydrogen-bond donors (Lipinski definition) is 4. The van der Waals surface area contributed by atoms with E-state index < -0.39 is 41.6 Å². The van der Waals surface area contributed by atoms with Crippen LogP contribution in [0.3, 0.4) is 0 Å². The van der Waals surface area contributed by atoms with Gasteiger partial charge in [0.25, 0.3) is 0 Å². The van der Waals surface area contributed by atoms with E-state index in [1.165, 1.54) is 0 Å². The summed E-state index contributed by atoms with van der Waals surface area (Å²) in [5.41, 5.74) is -2.23. The number of esters is 1. The Labute approximate surface area is 268 Å². The van der Waals surface area contributed by atoms with Gasteiger partial charge in [0, 0.05) is 30.6 Å². The molecule has 0 aromatic carbocycles. The molecular weight excluding hydrogens is 580 g/mol. The van der Waals surface area contributed by atoms with Crippen molar-refractivity contribution in [2.24, 2.45) is 47.3 Å². The van der Waals surface area contributed by atoms with Crippen molar-refractivity contribution in [2.45, 2.75) is 147 Å². The highest BCUT2D eigenvalue weighted by Gasteiger charge is 2.65. The minimum absolute atomic E-state index is 0.00391. The molecule has 10 nitrogen and oxygen atoms in total. The normalized spacial score (nSPS) is 52.5. The fourth-order valence-corrected chi connectivity index (χ4v) is 9.58. The van der Waals surface area contributed by atoms with E-state index in [9.17, 15) is 25.2 Å². The van der Waals surface area contributed by atoms with Gasteiger partial charge in [0.2, 0.25) is 6.29 Å². The molecule has 4 heterocycles. The molecule has 2 aliphatic carbocycles. The third-order valence-electron chi connectivity index (χ3n) is 12.3. The van der Waals surface area contributed by atoms with Crippen LogP contribution in [-0.2, 0) is 28.5 Å². The summed E-state index contributed by atoms with van der Waals surface area (Å²) in [6.07, 6.45) is 7.57. The second kappa shape index (κ2) is 13.1. The zero-order chi connectivity index (χ0) is 32.9. The lowest BCUT2D eigenvalue weighted by Crippen LogP contribution is -2.67. The average molecular weight is 639 g/mol. The molecule has 15 atom stereocenters. The van der Waals surface area contributed by atoms with Gasteiger partial charge in [-0.25, -0.2) is 0 Å². The van der Waals surface area contributed by atoms with Crippen LogP contribution in [0, 0.1) is 47.3 Å². The molecule has 0 radical (unpaired) electrons. The van der Waals surface area contributed by atoms with Gasteiger partial charge in [-0.3, -0.25) is 4.79 Å². The van der Waals surface area contributed by atoms with Crippen molar-refractivity contribution in [2.75, 3.05) is 6.61 Å². The zero-order valence-electron chi connectivity index (χ0n) is 28.2. The average Bonchev–Trinajstić information content (AvgIpc) is 3.13. The van der Waals surface area contributed by atoms with Gasteiger partial charge in [0.1, 0.15) is 11.2 Å². The zero-order valence-corrected chi connectivity index (χ0v) is 28.2. The van der Waals surface area contributed by atoms with Crippen LogP contribution in [-0.4, -0.2) is 74.6 Å². The van der Waals surface area contributed by atoms with Gasteiger partial charge >= 0.3 is 5.97 Å². The number of rotatable bonds is 5. The predicted octanol–water partition coefficient (Wildman–Crippen LogP) is 4.62. The largest absolute Gasteiger partial charge is 0.432 e. The Morgan fingerprint density at radius 3 is 1.91 bits per heavy atom. The van der Waals surface area contributed by atoms with E-state index in [2.05, 4.69) is 27.4 Å². The summed E-state index contributed by atoms with van der Waals surface area (Å²) >= 11 is 0. The second-order valence-electron chi connectivity index (χ2n) is 15.5. The fraction of sp³-hybridized carbons (Fsp3) is 0.914. The van der Waals surface area contributed by atoms with Gasteiger partial charge in [0.05, 0.1) is 12.5 Å². The first-order chi connectivity index (χ1) is 21.0. The highest BCUT2D eigenvalue weighted by atomic mass is 16.8. The Morgan fingerprint density at radius 2 is 1.33 bits per heavy atom. The summed E-state index contributed by atoms with van der Waals surface area (Å²) in [6, 6.07) is 0. The maximum absolute atomic E-state index is 12.0. The van der Waals surface area contributed by atoms with Gasteiger partial charge in [-0.15, -0.1) is 6.58 Å². The molecule has 0 spiro atoms. The molecule has 258 valence electrons. The standard InChI is InChI=1S/C20H34O5.C15H24O5/c1-5-6-7-12-23-17-14(3)16-9-8-13(2)15-10-11-19(4,21)25-18(24-17)20(15,16)22;1-8-4-5-11-9(2)12(16)19-13-15(11,18)10(8)6-7-14(3,17)20-13/h5,13-18,21-22H,1,6-12H2,2-4H3;8-11,13,17-18H,4-7H2,1-3H3/t13-,14-,15?,16?,17?,18-,19+,20-;8-,9-,10?,11?,13-,14+,15-/m11/s1. The lowest BCUT2D eigenvalue weighted by Gasteiger charge is -2.57. The Balaban J connectivity index is 0.000000182. The number of aliphatic hydroxyl groups is 4. The van der Waals surface area contributed by atoms with E-state index in [1.54, 1.807) is 13.8 Å². The molecule has 0 bridgehead atoms.